The lowest BCUT2D eigenvalue weighted by atomic mass is 9.90. The molecule has 0 saturated carbocycles. The SMILES string of the molecule is NCCCN1CCC(Cc2ccccc2F)CC1. The van der Waals surface area contributed by atoms with Crippen molar-refractivity contribution >= 4 is 0 Å². The van der Waals surface area contributed by atoms with Crippen LogP contribution in [0.25, 0.3) is 0 Å². The summed E-state index contributed by atoms with van der Waals surface area (Å²) in [5.74, 6) is 0.582. The Balaban J connectivity index is 1.78. The van der Waals surface area contributed by atoms with E-state index in [-0.39, 0.29) is 5.82 Å². The van der Waals surface area contributed by atoms with Crippen LogP contribution in [0.1, 0.15) is 24.8 Å². The Morgan fingerprint density at radius 3 is 2.61 bits per heavy atom. The lowest BCUT2D eigenvalue weighted by Gasteiger charge is -2.32. The molecular weight excluding hydrogens is 227 g/mol. The van der Waals surface area contributed by atoms with Crippen molar-refractivity contribution in [2.24, 2.45) is 11.7 Å². The summed E-state index contributed by atoms with van der Waals surface area (Å²) in [6.45, 7) is 4.16. The standard InChI is InChI=1S/C15H23FN2/c16-15-5-2-1-4-14(15)12-13-6-10-18(11-7-13)9-3-8-17/h1-2,4-5,13H,3,6-12,17H2. The van der Waals surface area contributed by atoms with Gasteiger partial charge in [0.15, 0.2) is 0 Å². The minimum atomic E-state index is -0.0527. The van der Waals surface area contributed by atoms with Crippen LogP contribution in [0.3, 0.4) is 0 Å². The van der Waals surface area contributed by atoms with E-state index in [2.05, 4.69) is 4.90 Å². The van der Waals surface area contributed by atoms with Gasteiger partial charge in [0.25, 0.3) is 0 Å². The summed E-state index contributed by atoms with van der Waals surface area (Å²) in [5.41, 5.74) is 6.40. The summed E-state index contributed by atoms with van der Waals surface area (Å²) < 4.78 is 13.6. The first kappa shape index (κ1) is 13.5. The van der Waals surface area contributed by atoms with Gasteiger partial charge in [-0.2, -0.15) is 0 Å². The molecule has 1 saturated heterocycles. The molecule has 2 nitrogen and oxygen atoms in total. The molecule has 0 aromatic heterocycles. The van der Waals surface area contributed by atoms with Gasteiger partial charge in [-0.15, -0.1) is 0 Å². The van der Waals surface area contributed by atoms with Gasteiger partial charge in [0, 0.05) is 0 Å². The fourth-order valence-electron chi connectivity index (χ4n) is 2.70. The van der Waals surface area contributed by atoms with Crippen molar-refractivity contribution in [1.29, 1.82) is 0 Å². The van der Waals surface area contributed by atoms with E-state index in [1.807, 2.05) is 12.1 Å². The molecule has 0 unspecified atom stereocenters. The summed E-state index contributed by atoms with van der Waals surface area (Å²) in [7, 11) is 0. The zero-order valence-corrected chi connectivity index (χ0v) is 10.9. The summed E-state index contributed by atoms with van der Waals surface area (Å²) in [4.78, 5) is 2.48. The van der Waals surface area contributed by atoms with Crippen LogP contribution in [0, 0.1) is 11.7 Å². The topological polar surface area (TPSA) is 29.3 Å². The Labute approximate surface area is 109 Å². The number of hydrogen-bond acceptors (Lipinski definition) is 2. The minimum Gasteiger partial charge on any atom is -0.330 e. The van der Waals surface area contributed by atoms with Crippen LogP contribution in [0.5, 0.6) is 0 Å². The average Bonchev–Trinajstić information content (AvgIpc) is 2.41. The third-order valence-electron chi connectivity index (χ3n) is 3.85. The summed E-state index contributed by atoms with van der Waals surface area (Å²) in [6, 6.07) is 7.16. The third-order valence-corrected chi connectivity index (χ3v) is 3.85. The van der Waals surface area contributed by atoms with E-state index in [0.29, 0.717) is 5.92 Å². The number of hydrogen-bond donors (Lipinski definition) is 1. The lowest BCUT2D eigenvalue weighted by Crippen LogP contribution is -2.35. The predicted molar refractivity (Wildman–Crippen MR) is 72.9 cm³/mol. The van der Waals surface area contributed by atoms with E-state index in [1.54, 1.807) is 12.1 Å². The second-order valence-electron chi connectivity index (χ2n) is 5.22. The van der Waals surface area contributed by atoms with Gasteiger partial charge in [-0.1, -0.05) is 18.2 Å². The third kappa shape index (κ3) is 3.79. The van der Waals surface area contributed by atoms with Gasteiger partial charge in [0.05, 0.1) is 0 Å². The highest BCUT2D eigenvalue weighted by Gasteiger charge is 2.19. The molecule has 3 heteroatoms. The first-order valence-corrected chi connectivity index (χ1v) is 6.95. The number of rotatable bonds is 5. The molecule has 100 valence electrons. The molecule has 0 aliphatic carbocycles. The van der Waals surface area contributed by atoms with Crippen molar-refractivity contribution in [1.82, 2.24) is 4.90 Å². The Morgan fingerprint density at radius 2 is 1.94 bits per heavy atom. The Kier molecular flexibility index (Phi) is 5.14. The molecule has 0 amide bonds. The van der Waals surface area contributed by atoms with Crippen LogP contribution < -0.4 is 5.73 Å². The predicted octanol–water partition coefficient (Wildman–Crippen LogP) is 2.43. The van der Waals surface area contributed by atoms with Gasteiger partial charge in [0.1, 0.15) is 5.82 Å². The van der Waals surface area contributed by atoms with Crippen LogP contribution >= 0.6 is 0 Å². The van der Waals surface area contributed by atoms with Crippen LogP contribution in [-0.4, -0.2) is 31.1 Å². The number of nitrogens with two attached hydrogens (primary N) is 1. The zero-order chi connectivity index (χ0) is 12.8. The van der Waals surface area contributed by atoms with Crippen molar-refractivity contribution < 1.29 is 4.39 Å². The van der Waals surface area contributed by atoms with Gasteiger partial charge in [-0.05, 0) is 69.4 Å². The van der Waals surface area contributed by atoms with Crippen molar-refractivity contribution in [3.8, 4) is 0 Å². The normalized spacial score (nSPS) is 18.1. The average molecular weight is 250 g/mol. The van der Waals surface area contributed by atoms with Gasteiger partial charge < -0.3 is 10.6 Å². The number of nitrogens with zero attached hydrogens (tertiary/aromatic N) is 1. The molecule has 0 bridgehead atoms. The minimum absolute atomic E-state index is 0.0527. The maximum Gasteiger partial charge on any atom is 0.126 e. The highest BCUT2D eigenvalue weighted by atomic mass is 19.1. The monoisotopic (exact) mass is 250 g/mol. The summed E-state index contributed by atoms with van der Waals surface area (Å²) >= 11 is 0. The highest BCUT2D eigenvalue weighted by molar-refractivity contribution is 5.17. The van der Waals surface area contributed by atoms with E-state index < -0.39 is 0 Å². The van der Waals surface area contributed by atoms with Gasteiger partial charge in [0.2, 0.25) is 0 Å². The van der Waals surface area contributed by atoms with Crippen LogP contribution in [0.15, 0.2) is 24.3 Å². The first-order chi connectivity index (χ1) is 8.79. The molecule has 0 spiro atoms. The van der Waals surface area contributed by atoms with Crippen molar-refractivity contribution in [3.05, 3.63) is 35.6 Å². The van der Waals surface area contributed by atoms with Crippen LogP contribution in [-0.2, 0) is 6.42 Å². The molecule has 2 rings (SSSR count). The largest absolute Gasteiger partial charge is 0.330 e. The van der Waals surface area contributed by atoms with Gasteiger partial charge >= 0.3 is 0 Å². The molecule has 0 radical (unpaired) electrons. The maximum atomic E-state index is 13.6. The molecule has 18 heavy (non-hydrogen) atoms. The molecule has 1 aromatic carbocycles. The van der Waals surface area contributed by atoms with Gasteiger partial charge in [-0.3, -0.25) is 0 Å². The smallest absolute Gasteiger partial charge is 0.126 e. The highest BCUT2D eigenvalue weighted by Crippen LogP contribution is 2.22. The van der Waals surface area contributed by atoms with E-state index in [9.17, 15) is 4.39 Å². The first-order valence-electron chi connectivity index (χ1n) is 6.95. The van der Waals surface area contributed by atoms with Crippen LogP contribution in [0.4, 0.5) is 4.39 Å². The lowest BCUT2D eigenvalue weighted by molar-refractivity contribution is 0.182. The van der Waals surface area contributed by atoms with E-state index >= 15 is 0 Å². The number of halogens is 1. The van der Waals surface area contributed by atoms with E-state index in [4.69, 9.17) is 5.73 Å². The Hall–Kier alpha value is -0.930. The summed E-state index contributed by atoms with van der Waals surface area (Å²) in [6.07, 6.45) is 4.33. The maximum absolute atomic E-state index is 13.6. The Morgan fingerprint density at radius 1 is 1.22 bits per heavy atom. The fraction of sp³-hybridized carbons (Fsp3) is 0.600. The Bertz CT molecular complexity index is 359. The molecular formula is C15H23FN2. The van der Waals surface area contributed by atoms with Crippen molar-refractivity contribution in [3.63, 3.8) is 0 Å². The quantitative estimate of drug-likeness (QED) is 0.869. The van der Waals surface area contributed by atoms with Crippen LogP contribution in [0.2, 0.25) is 0 Å². The molecule has 1 aromatic rings. The molecule has 1 aliphatic rings. The molecule has 1 heterocycles. The van der Waals surface area contributed by atoms with E-state index in [0.717, 1.165) is 44.6 Å². The second kappa shape index (κ2) is 6.86. The number of piperidine rings is 1. The van der Waals surface area contributed by atoms with Gasteiger partial charge in [-0.25, -0.2) is 4.39 Å². The number of likely N-dealkylation sites (tertiary alicyclic amines) is 1. The fourth-order valence-corrected chi connectivity index (χ4v) is 2.70. The zero-order valence-electron chi connectivity index (χ0n) is 10.9. The molecule has 2 N–H and O–H groups in total. The summed E-state index contributed by atoms with van der Waals surface area (Å²) in [5, 5.41) is 0. The second-order valence-corrected chi connectivity index (χ2v) is 5.22. The van der Waals surface area contributed by atoms with E-state index in [1.165, 1.54) is 12.8 Å². The van der Waals surface area contributed by atoms with Crippen molar-refractivity contribution in [2.75, 3.05) is 26.2 Å². The molecule has 1 aliphatic heterocycles. The number of benzene rings is 1. The molecule has 0 atom stereocenters. The van der Waals surface area contributed by atoms with Crippen molar-refractivity contribution in [2.45, 2.75) is 25.7 Å². The molecule has 1 fully saturated rings.